The number of aromatic nitrogens is 6. The minimum Gasteiger partial charge on any atom is -0.336 e. The van der Waals surface area contributed by atoms with Gasteiger partial charge in [-0.2, -0.15) is 4.98 Å². The second kappa shape index (κ2) is 6.84. The van der Waals surface area contributed by atoms with Crippen molar-refractivity contribution in [3.05, 3.63) is 77.1 Å². The standard InChI is InChI=1S/C19H18FN7O/c1-11-10-12(2)27-19(22-11)24-16(25-27)18(28)23-15(17-21-8-9-26(17)3)13-4-6-14(20)7-5-13/h4-10,15H,1-3H3,(H,23,28). The Kier molecular flexibility index (Phi) is 4.34. The van der Waals surface area contributed by atoms with Crippen LogP contribution in [0.25, 0.3) is 5.78 Å². The SMILES string of the molecule is Cc1cc(C)n2nc(C(=O)NC(c3ccc(F)cc3)c3nccn3C)nc2n1. The number of hydrogen-bond donors (Lipinski definition) is 1. The zero-order chi connectivity index (χ0) is 19.8. The number of rotatable bonds is 4. The van der Waals surface area contributed by atoms with Crippen LogP contribution in [-0.4, -0.2) is 35.0 Å². The first-order valence-corrected chi connectivity index (χ1v) is 8.67. The topological polar surface area (TPSA) is 90.0 Å². The van der Waals surface area contributed by atoms with Crippen molar-refractivity contribution in [1.29, 1.82) is 0 Å². The summed E-state index contributed by atoms with van der Waals surface area (Å²) in [5.41, 5.74) is 2.31. The predicted molar refractivity (Wildman–Crippen MR) is 99.2 cm³/mol. The van der Waals surface area contributed by atoms with Crippen LogP contribution in [0.2, 0.25) is 0 Å². The van der Waals surface area contributed by atoms with Crippen molar-refractivity contribution in [1.82, 2.24) is 34.4 Å². The van der Waals surface area contributed by atoms with Gasteiger partial charge in [-0.3, -0.25) is 4.79 Å². The molecule has 0 bridgehead atoms. The molecule has 0 fully saturated rings. The fraction of sp³-hybridized carbons (Fsp3) is 0.211. The molecular weight excluding hydrogens is 361 g/mol. The molecule has 0 aliphatic rings. The third kappa shape index (κ3) is 3.22. The van der Waals surface area contributed by atoms with E-state index >= 15 is 0 Å². The number of amides is 1. The van der Waals surface area contributed by atoms with Crippen LogP contribution >= 0.6 is 0 Å². The maximum atomic E-state index is 13.3. The summed E-state index contributed by atoms with van der Waals surface area (Å²) in [4.78, 5) is 25.7. The smallest absolute Gasteiger partial charge is 0.291 e. The monoisotopic (exact) mass is 379 g/mol. The van der Waals surface area contributed by atoms with E-state index in [1.165, 1.54) is 16.6 Å². The van der Waals surface area contributed by atoms with Gasteiger partial charge in [-0.15, -0.1) is 5.10 Å². The van der Waals surface area contributed by atoms with Crippen molar-refractivity contribution in [2.24, 2.45) is 7.05 Å². The Morgan fingerprint density at radius 2 is 1.93 bits per heavy atom. The minimum absolute atomic E-state index is 0.00233. The number of aryl methyl sites for hydroxylation is 3. The first-order valence-electron chi connectivity index (χ1n) is 8.67. The molecule has 9 heteroatoms. The summed E-state index contributed by atoms with van der Waals surface area (Å²) in [6, 6.07) is 7.18. The lowest BCUT2D eigenvalue weighted by Crippen LogP contribution is -2.32. The number of fused-ring (bicyclic) bond motifs is 1. The first-order chi connectivity index (χ1) is 13.4. The molecule has 28 heavy (non-hydrogen) atoms. The fourth-order valence-corrected chi connectivity index (χ4v) is 3.07. The second-order valence-corrected chi connectivity index (χ2v) is 6.54. The van der Waals surface area contributed by atoms with Crippen LogP contribution in [0.5, 0.6) is 0 Å². The van der Waals surface area contributed by atoms with Crippen molar-refractivity contribution in [3.8, 4) is 0 Å². The van der Waals surface area contributed by atoms with E-state index in [4.69, 9.17) is 0 Å². The molecule has 4 rings (SSSR count). The molecule has 1 atom stereocenters. The van der Waals surface area contributed by atoms with Gasteiger partial charge in [0.1, 0.15) is 17.7 Å². The Morgan fingerprint density at radius 3 is 2.61 bits per heavy atom. The third-order valence-electron chi connectivity index (χ3n) is 4.42. The van der Waals surface area contributed by atoms with E-state index in [0.29, 0.717) is 17.2 Å². The van der Waals surface area contributed by atoms with E-state index in [9.17, 15) is 9.18 Å². The van der Waals surface area contributed by atoms with Crippen LogP contribution in [0.4, 0.5) is 4.39 Å². The summed E-state index contributed by atoms with van der Waals surface area (Å²) in [6.45, 7) is 3.72. The summed E-state index contributed by atoms with van der Waals surface area (Å²) in [7, 11) is 1.82. The Labute approximate surface area is 160 Å². The van der Waals surface area contributed by atoms with Gasteiger partial charge in [0.05, 0.1) is 0 Å². The molecule has 4 aromatic rings. The molecule has 0 spiro atoms. The molecule has 8 nitrogen and oxygen atoms in total. The van der Waals surface area contributed by atoms with Crippen molar-refractivity contribution < 1.29 is 9.18 Å². The van der Waals surface area contributed by atoms with Crippen molar-refractivity contribution >= 4 is 11.7 Å². The molecule has 1 amide bonds. The molecule has 1 N–H and O–H groups in total. The molecule has 3 heterocycles. The van der Waals surface area contributed by atoms with Gasteiger partial charge in [0.2, 0.25) is 5.82 Å². The van der Waals surface area contributed by atoms with Gasteiger partial charge in [0, 0.05) is 30.8 Å². The Morgan fingerprint density at radius 1 is 1.18 bits per heavy atom. The number of hydrogen-bond acceptors (Lipinski definition) is 5. The largest absolute Gasteiger partial charge is 0.336 e. The van der Waals surface area contributed by atoms with Crippen LogP contribution < -0.4 is 5.32 Å². The summed E-state index contributed by atoms with van der Waals surface area (Å²) in [6.07, 6.45) is 3.41. The van der Waals surface area contributed by atoms with Crippen LogP contribution in [0.1, 0.15) is 39.4 Å². The van der Waals surface area contributed by atoms with E-state index in [-0.39, 0.29) is 11.6 Å². The van der Waals surface area contributed by atoms with E-state index in [0.717, 1.165) is 11.4 Å². The number of nitrogens with zero attached hydrogens (tertiary/aromatic N) is 6. The summed E-state index contributed by atoms with van der Waals surface area (Å²) >= 11 is 0. The van der Waals surface area contributed by atoms with Gasteiger partial charge in [-0.05, 0) is 37.6 Å². The molecular formula is C19H18FN7O. The predicted octanol–water partition coefficient (Wildman–Crippen LogP) is 2.13. The Balaban J connectivity index is 1.70. The van der Waals surface area contributed by atoms with Gasteiger partial charge in [0.25, 0.3) is 11.7 Å². The molecule has 0 saturated carbocycles. The average Bonchev–Trinajstić information content (AvgIpc) is 3.27. The fourth-order valence-electron chi connectivity index (χ4n) is 3.07. The number of imidazole rings is 1. The van der Waals surface area contributed by atoms with Crippen molar-refractivity contribution in [2.75, 3.05) is 0 Å². The van der Waals surface area contributed by atoms with Gasteiger partial charge in [0.15, 0.2) is 0 Å². The summed E-state index contributed by atoms with van der Waals surface area (Å²) in [5.74, 6) is 0.141. The molecule has 1 unspecified atom stereocenters. The number of benzene rings is 1. The van der Waals surface area contributed by atoms with Gasteiger partial charge >= 0.3 is 0 Å². The van der Waals surface area contributed by atoms with E-state index in [2.05, 4.69) is 25.4 Å². The number of carbonyl (C=O) groups excluding carboxylic acids is 1. The van der Waals surface area contributed by atoms with Crippen molar-refractivity contribution in [3.63, 3.8) is 0 Å². The summed E-state index contributed by atoms with van der Waals surface area (Å²) in [5, 5.41) is 7.16. The number of carbonyl (C=O) groups is 1. The van der Waals surface area contributed by atoms with Crippen LogP contribution in [-0.2, 0) is 7.05 Å². The molecule has 0 aliphatic carbocycles. The maximum absolute atomic E-state index is 13.3. The molecule has 0 saturated heterocycles. The normalized spacial score (nSPS) is 12.3. The quantitative estimate of drug-likeness (QED) is 0.587. The van der Waals surface area contributed by atoms with E-state index in [1.807, 2.05) is 27.0 Å². The number of halogens is 1. The molecule has 142 valence electrons. The highest BCUT2D eigenvalue weighted by Crippen LogP contribution is 2.21. The highest BCUT2D eigenvalue weighted by molar-refractivity contribution is 5.91. The van der Waals surface area contributed by atoms with E-state index in [1.54, 1.807) is 29.1 Å². The average molecular weight is 379 g/mol. The molecule has 3 aromatic heterocycles. The third-order valence-corrected chi connectivity index (χ3v) is 4.42. The summed E-state index contributed by atoms with van der Waals surface area (Å²) < 4.78 is 16.7. The van der Waals surface area contributed by atoms with Gasteiger partial charge < -0.3 is 9.88 Å². The van der Waals surface area contributed by atoms with Crippen LogP contribution in [0.15, 0.2) is 42.7 Å². The molecule has 1 aromatic carbocycles. The Bertz CT molecular complexity index is 1160. The van der Waals surface area contributed by atoms with Crippen LogP contribution in [0, 0.1) is 19.7 Å². The second-order valence-electron chi connectivity index (χ2n) is 6.54. The zero-order valence-electron chi connectivity index (χ0n) is 15.6. The van der Waals surface area contributed by atoms with Gasteiger partial charge in [-0.1, -0.05) is 12.1 Å². The highest BCUT2D eigenvalue weighted by Gasteiger charge is 2.24. The lowest BCUT2D eigenvalue weighted by molar-refractivity contribution is 0.0931. The number of nitrogens with one attached hydrogen (secondary N) is 1. The zero-order valence-corrected chi connectivity index (χ0v) is 15.6. The lowest BCUT2D eigenvalue weighted by Gasteiger charge is -2.18. The van der Waals surface area contributed by atoms with E-state index < -0.39 is 11.9 Å². The maximum Gasteiger partial charge on any atom is 0.291 e. The minimum atomic E-state index is -0.587. The van der Waals surface area contributed by atoms with Crippen molar-refractivity contribution in [2.45, 2.75) is 19.9 Å². The van der Waals surface area contributed by atoms with Gasteiger partial charge in [-0.25, -0.2) is 18.9 Å². The molecule has 0 aliphatic heterocycles. The first kappa shape index (κ1) is 17.8. The lowest BCUT2D eigenvalue weighted by atomic mass is 10.1. The Hall–Kier alpha value is -3.62. The highest BCUT2D eigenvalue weighted by atomic mass is 19.1. The molecule has 0 radical (unpaired) electrons. The van der Waals surface area contributed by atoms with Crippen LogP contribution in [0.3, 0.4) is 0 Å².